The lowest BCUT2D eigenvalue weighted by Crippen LogP contribution is -2.51. The number of nitrogens with one attached hydrogen (secondary N) is 1. The molecule has 0 unspecified atom stereocenters. The summed E-state index contributed by atoms with van der Waals surface area (Å²) in [5.41, 5.74) is 2.05. The zero-order valence-corrected chi connectivity index (χ0v) is 25.1. The third kappa shape index (κ3) is 8.23. The summed E-state index contributed by atoms with van der Waals surface area (Å²) >= 11 is 0. The van der Waals surface area contributed by atoms with Gasteiger partial charge in [0.15, 0.2) is 0 Å². The van der Waals surface area contributed by atoms with Gasteiger partial charge < -0.3 is 19.7 Å². The first-order valence-corrected chi connectivity index (χ1v) is 15.1. The fourth-order valence-electron chi connectivity index (χ4n) is 4.15. The van der Waals surface area contributed by atoms with Crippen LogP contribution in [0.3, 0.4) is 0 Å². The van der Waals surface area contributed by atoms with Gasteiger partial charge in [0, 0.05) is 13.1 Å². The number of hydrogen-bond acceptors (Lipinski definition) is 6. The Hall–Kier alpha value is -4.05. The van der Waals surface area contributed by atoms with Crippen LogP contribution in [-0.2, 0) is 26.2 Å². The Morgan fingerprint density at radius 3 is 2.07 bits per heavy atom. The van der Waals surface area contributed by atoms with Crippen LogP contribution in [0, 0.1) is 6.92 Å². The summed E-state index contributed by atoms with van der Waals surface area (Å²) in [6.45, 7) is 7.85. The third-order valence-corrected chi connectivity index (χ3v) is 8.34. The number of benzene rings is 3. The highest BCUT2D eigenvalue weighted by Crippen LogP contribution is 2.26. The summed E-state index contributed by atoms with van der Waals surface area (Å²) in [4.78, 5) is 28.3. The molecule has 0 saturated heterocycles. The highest BCUT2D eigenvalue weighted by molar-refractivity contribution is 7.92. The van der Waals surface area contributed by atoms with Crippen molar-refractivity contribution in [2.45, 2.75) is 51.6 Å². The molecule has 0 spiro atoms. The lowest BCUT2D eigenvalue weighted by Gasteiger charge is -2.32. The van der Waals surface area contributed by atoms with Crippen LogP contribution in [0.5, 0.6) is 11.5 Å². The maximum absolute atomic E-state index is 14.0. The maximum Gasteiger partial charge on any atom is 0.264 e. The average molecular weight is 582 g/mol. The van der Waals surface area contributed by atoms with E-state index in [0.29, 0.717) is 30.3 Å². The van der Waals surface area contributed by atoms with Gasteiger partial charge in [-0.15, -0.1) is 0 Å². The largest absolute Gasteiger partial charge is 0.497 e. The summed E-state index contributed by atoms with van der Waals surface area (Å²) in [6, 6.07) is 19.3. The zero-order valence-electron chi connectivity index (χ0n) is 24.3. The summed E-state index contributed by atoms with van der Waals surface area (Å²) in [5, 5.41) is 2.84. The molecule has 220 valence electrons. The number of nitrogens with zero attached hydrogens (tertiary/aromatic N) is 2. The van der Waals surface area contributed by atoms with Gasteiger partial charge in [-0.1, -0.05) is 36.8 Å². The van der Waals surface area contributed by atoms with E-state index >= 15 is 0 Å². The Labute approximate surface area is 243 Å². The molecule has 3 aromatic carbocycles. The Morgan fingerprint density at radius 2 is 1.51 bits per heavy atom. The fourth-order valence-corrected chi connectivity index (χ4v) is 5.56. The highest BCUT2D eigenvalue weighted by atomic mass is 32.2. The highest BCUT2D eigenvalue weighted by Gasteiger charge is 2.32. The van der Waals surface area contributed by atoms with Gasteiger partial charge in [0.05, 0.1) is 24.3 Å². The van der Waals surface area contributed by atoms with Crippen molar-refractivity contribution in [2.24, 2.45) is 0 Å². The molecule has 9 nitrogen and oxygen atoms in total. The van der Waals surface area contributed by atoms with Gasteiger partial charge in [-0.2, -0.15) is 0 Å². The Bertz CT molecular complexity index is 1390. The normalized spacial score (nSPS) is 11.8. The Kier molecular flexibility index (Phi) is 11.2. The van der Waals surface area contributed by atoms with Gasteiger partial charge in [0.1, 0.15) is 24.1 Å². The van der Waals surface area contributed by atoms with Crippen LogP contribution in [0.15, 0.2) is 77.7 Å². The van der Waals surface area contributed by atoms with Crippen LogP contribution >= 0.6 is 0 Å². The van der Waals surface area contributed by atoms with Crippen LogP contribution in [0.4, 0.5) is 5.69 Å². The summed E-state index contributed by atoms with van der Waals surface area (Å²) in [6.07, 6.45) is 0.742. The van der Waals surface area contributed by atoms with E-state index in [9.17, 15) is 18.0 Å². The number of methoxy groups -OCH3 is 1. The van der Waals surface area contributed by atoms with E-state index in [1.165, 1.54) is 17.0 Å². The number of amides is 2. The van der Waals surface area contributed by atoms with Crippen molar-refractivity contribution in [2.75, 3.05) is 31.1 Å². The molecule has 0 aliphatic rings. The van der Waals surface area contributed by atoms with E-state index in [2.05, 4.69) is 5.32 Å². The predicted octanol–water partition coefficient (Wildman–Crippen LogP) is 4.54. The molecule has 1 atom stereocenters. The number of aryl methyl sites for hydroxylation is 1. The van der Waals surface area contributed by atoms with Crippen molar-refractivity contribution in [3.8, 4) is 11.5 Å². The van der Waals surface area contributed by atoms with Crippen molar-refractivity contribution in [3.05, 3.63) is 83.9 Å². The maximum atomic E-state index is 14.0. The minimum Gasteiger partial charge on any atom is -0.497 e. The Balaban J connectivity index is 2.00. The number of rotatable bonds is 14. The van der Waals surface area contributed by atoms with E-state index in [1.807, 2.05) is 32.9 Å². The smallest absolute Gasteiger partial charge is 0.264 e. The molecule has 3 aromatic rings. The molecule has 0 saturated carbocycles. The standard InChI is InChI=1S/C31H39N3O6S/c1-6-20-32-31(36)24(4)33(21-25-10-14-27(39-5)15-11-25)30(35)22-34(26-12-8-23(3)9-13-26)41(37,38)29-18-16-28(17-19-29)40-7-2/h8-19,24H,6-7,20-22H2,1-5H3,(H,32,36)/t24-/m0/s1. The monoisotopic (exact) mass is 581 g/mol. The number of carbonyl (C=O) groups excluding carboxylic acids is 2. The van der Waals surface area contributed by atoms with Crippen molar-refractivity contribution in [1.82, 2.24) is 10.2 Å². The molecule has 0 aliphatic heterocycles. The van der Waals surface area contributed by atoms with Crippen LogP contribution in [-0.4, -0.2) is 58.0 Å². The first-order valence-electron chi connectivity index (χ1n) is 13.6. The third-order valence-electron chi connectivity index (χ3n) is 6.55. The molecule has 1 N–H and O–H groups in total. The zero-order chi connectivity index (χ0) is 30.0. The number of hydrogen-bond donors (Lipinski definition) is 1. The number of ether oxygens (including phenoxy) is 2. The minimum absolute atomic E-state index is 0.0183. The molecule has 0 heterocycles. The Morgan fingerprint density at radius 1 is 0.902 bits per heavy atom. The molecule has 0 radical (unpaired) electrons. The van der Waals surface area contributed by atoms with Crippen LogP contribution in [0.25, 0.3) is 0 Å². The average Bonchev–Trinajstić information content (AvgIpc) is 2.98. The SMILES string of the molecule is CCCNC(=O)[C@H](C)N(Cc1ccc(OC)cc1)C(=O)CN(c1ccc(C)cc1)S(=O)(=O)c1ccc(OCC)cc1. The van der Waals surface area contributed by atoms with E-state index in [4.69, 9.17) is 9.47 Å². The molecule has 0 bridgehead atoms. The minimum atomic E-state index is -4.16. The molecule has 10 heteroatoms. The molecule has 0 aliphatic carbocycles. The first-order chi connectivity index (χ1) is 19.6. The van der Waals surface area contributed by atoms with Crippen LogP contribution in [0.1, 0.15) is 38.3 Å². The molecule has 41 heavy (non-hydrogen) atoms. The quantitative estimate of drug-likeness (QED) is 0.300. The molecule has 0 aromatic heterocycles. The number of anilines is 1. The second-order valence-electron chi connectivity index (χ2n) is 9.59. The second-order valence-corrected chi connectivity index (χ2v) is 11.5. The van der Waals surface area contributed by atoms with Crippen molar-refractivity contribution >= 4 is 27.5 Å². The van der Waals surface area contributed by atoms with Crippen molar-refractivity contribution < 1.29 is 27.5 Å². The van der Waals surface area contributed by atoms with Crippen molar-refractivity contribution in [1.29, 1.82) is 0 Å². The molecule has 3 rings (SSSR count). The van der Waals surface area contributed by atoms with Gasteiger partial charge >= 0.3 is 0 Å². The summed E-state index contributed by atoms with van der Waals surface area (Å²) in [7, 11) is -2.59. The van der Waals surface area contributed by atoms with Gasteiger partial charge in [-0.3, -0.25) is 13.9 Å². The number of sulfonamides is 1. The van der Waals surface area contributed by atoms with Gasteiger partial charge in [0.2, 0.25) is 11.8 Å². The van der Waals surface area contributed by atoms with Crippen LogP contribution < -0.4 is 19.1 Å². The summed E-state index contributed by atoms with van der Waals surface area (Å²) < 4.78 is 39.7. The lowest BCUT2D eigenvalue weighted by molar-refractivity contribution is -0.139. The molecule has 0 fully saturated rings. The molecule has 2 amide bonds. The molecular formula is C31H39N3O6S. The van der Waals surface area contributed by atoms with E-state index in [1.54, 1.807) is 62.6 Å². The predicted molar refractivity (Wildman–Crippen MR) is 160 cm³/mol. The molecular weight excluding hydrogens is 542 g/mol. The first kappa shape index (κ1) is 31.5. The lowest BCUT2D eigenvalue weighted by atomic mass is 10.1. The van der Waals surface area contributed by atoms with E-state index < -0.39 is 28.5 Å². The van der Waals surface area contributed by atoms with E-state index in [0.717, 1.165) is 21.9 Å². The fraction of sp³-hybridized carbons (Fsp3) is 0.355. The van der Waals surface area contributed by atoms with Gasteiger partial charge in [-0.25, -0.2) is 8.42 Å². The topological polar surface area (TPSA) is 105 Å². The number of carbonyl (C=O) groups is 2. The summed E-state index contributed by atoms with van der Waals surface area (Å²) in [5.74, 6) is 0.370. The van der Waals surface area contributed by atoms with E-state index in [-0.39, 0.29) is 17.3 Å². The van der Waals surface area contributed by atoms with Crippen LogP contribution in [0.2, 0.25) is 0 Å². The van der Waals surface area contributed by atoms with Gasteiger partial charge in [-0.05, 0) is 81.3 Å². The van der Waals surface area contributed by atoms with Crippen molar-refractivity contribution in [3.63, 3.8) is 0 Å². The second kappa shape index (κ2) is 14.5. The van der Waals surface area contributed by atoms with Gasteiger partial charge in [0.25, 0.3) is 10.0 Å².